The van der Waals surface area contributed by atoms with Crippen molar-refractivity contribution in [3.8, 4) is 0 Å². The van der Waals surface area contributed by atoms with E-state index in [0.29, 0.717) is 34.3 Å². The molecule has 2 heterocycles. The van der Waals surface area contributed by atoms with Crippen molar-refractivity contribution in [2.24, 2.45) is 0 Å². The van der Waals surface area contributed by atoms with Crippen LogP contribution >= 0.6 is 15.9 Å². The van der Waals surface area contributed by atoms with E-state index in [-0.39, 0.29) is 23.9 Å². The fourth-order valence-corrected chi connectivity index (χ4v) is 3.87. The number of aromatic nitrogens is 1. The standard InChI is InChI=1S/C20H16BrF3N2O2/c1-26(7-10-2-3-13(21)14(22)4-10)18-9-28-8-17-19(18)11-5-15(23)16(24)6-12(11)20(27)25-17/h2-6,18H,7-9H2,1H3,(H,25,27)/t18-/m0/s1. The molecule has 0 saturated heterocycles. The van der Waals surface area contributed by atoms with Crippen molar-refractivity contribution in [3.63, 3.8) is 0 Å². The number of aromatic amines is 1. The molecule has 0 amide bonds. The number of hydrogen-bond donors (Lipinski definition) is 1. The average Bonchev–Trinajstić information content (AvgIpc) is 2.66. The molecular weight excluding hydrogens is 437 g/mol. The van der Waals surface area contributed by atoms with Gasteiger partial charge in [-0.15, -0.1) is 0 Å². The van der Waals surface area contributed by atoms with E-state index in [0.717, 1.165) is 17.7 Å². The molecule has 1 aromatic heterocycles. The minimum atomic E-state index is -1.07. The van der Waals surface area contributed by atoms with Crippen LogP contribution in [0.1, 0.15) is 22.9 Å². The number of rotatable bonds is 3. The van der Waals surface area contributed by atoms with Crippen LogP contribution < -0.4 is 5.56 Å². The lowest BCUT2D eigenvalue weighted by atomic mass is 9.95. The third-order valence-corrected chi connectivity index (χ3v) is 5.63. The van der Waals surface area contributed by atoms with Gasteiger partial charge in [-0.1, -0.05) is 6.07 Å². The molecule has 0 spiro atoms. The monoisotopic (exact) mass is 452 g/mol. The molecule has 0 aliphatic carbocycles. The summed E-state index contributed by atoms with van der Waals surface area (Å²) in [4.78, 5) is 16.9. The summed E-state index contributed by atoms with van der Waals surface area (Å²) in [6.45, 7) is 0.890. The zero-order valence-corrected chi connectivity index (χ0v) is 16.4. The van der Waals surface area contributed by atoms with Gasteiger partial charge in [0.05, 0.1) is 29.1 Å². The summed E-state index contributed by atoms with van der Waals surface area (Å²) >= 11 is 3.13. The zero-order valence-electron chi connectivity index (χ0n) is 14.9. The van der Waals surface area contributed by atoms with Gasteiger partial charge in [0.25, 0.3) is 5.56 Å². The molecule has 2 aromatic carbocycles. The Morgan fingerprint density at radius 1 is 1.14 bits per heavy atom. The fraction of sp³-hybridized carbons (Fsp3) is 0.250. The Balaban J connectivity index is 1.79. The van der Waals surface area contributed by atoms with Crippen LogP contribution in [-0.4, -0.2) is 23.5 Å². The molecule has 1 atom stereocenters. The Labute approximate surface area is 167 Å². The highest BCUT2D eigenvalue weighted by Gasteiger charge is 2.29. The van der Waals surface area contributed by atoms with Crippen molar-refractivity contribution >= 4 is 26.7 Å². The summed E-state index contributed by atoms with van der Waals surface area (Å²) in [5.74, 6) is -2.44. The second-order valence-electron chi connectivity index (χ2n) is 6.85. The normalized spacial score (nSPS) is 16.6. The van der Waals surface area contributed by atoms with E-state index in [1.165, 1.54) is 6.07 Å². The van der Waals surface area contributed by atoms with Crippen LogP contribution in [0.5, 0.6) is 0 Å². The average molecular weight is 453 g/mol. The van der Waals surface area contributed by atoms with Crippen LogP contribution in [0, 0.1) is 17.5 Å². The van der Waals surface area contributed by atoms with Crippen molar-refractivity contribution in [1.29, 1.82) is 0 Å². The molecule has 28 heavy (non-hydrogen) atoms. The Kier molecular flexibility index (Phi) is 5.03. The zero-order chi connectivity index (χ0) is 20.0. The van der Waals surface area contributed by atoms with Crippen molar-refractivity contribution < 1.29 is 17.9 Å². The maximum Gasteiger partial charge on any atom is 0.256 e. The number of ether oxygens (including phenoxy) is 1. The van der Waals surface area contributed by atoms with Crippen LogP contribution in [0.15, 0.2) is 39.6 Å². The van der Waals surface area contributed by atoms with Crippen molar-refractivity contribution in [2.75, 3.05) is 13.7 Å². The number of fused-ring (bicyclic) bond motifs is 3. The number of halogens is 4. The van der Waals surface area contributed by atoms with Gasteiger partial charge in [-0.25, -0.2) is 13.2 Å². The van der Waals surface area contributed by atoms with E-state index in [1.54, 1.807) is 12.1 Å². The van der Waals surface area contributed by atoms with Crippen LogP contribution in [0.25, 0.3) is 10.8 Å². The van der Waals surface area contributed by atoms with Gasteiger partial charge in [-0.05, 0) is 58.2 Å². The van der Waals surface area contributed by atoms with E-state index >= 15 is 0 Å². The second kappa shape index (κ2) is 7.35. The molecule has 0 saturated carbocycles. The maximum absolute atomic E-state index is 13.9. The quantitative estimate of drug-likeness (QED) is 0.639. The van der Waals surface area contributed by atoms with Crippen LogP contribution in [0.3, 0.4) is 0 Å². The lowest BCUT2D eigenvalue weighted by molar-refractivity contribution is 0.0377. The summed E-state index contributed by atoms with van der Waals surface area (Å²) < 4.78 is 47.4. The van der Waals surface area contributed by atoms with Gasteiger partial charge >= 0.3 is 0 Å². The van der Waals surface area contributed by atoms with Crippen molar-refractivity contribution in [2.45, 2.75) is 19.2 Å². The molecule has 0 radical (unpaired) electrons. The molecular formula is C20H16BrF3N2O2. The Hall–Kier alpha value is -2.16. The first-order valence-corrected chi connectivity index (χ1v) is 9.40. The van der Waals surface area contributed by atoms with E-state index < -0.39 is 17.2 Å². The second-order valence-corrected chi connectivity index (χ2v) is 7.71. The highest BCUT2D eigenvalue weighted by molar-refractivity contribution is 9.10. The maximum atomic E-state index is 13.9. The fourth-order valence-electron chi connectivity index (χ4n) is 3.63. The lowest BCUT2D eigenvalue weighted by Crippen LogP contribution is -2.33. The number of hydrogen-bond acceptors (Lipinski definition) is 3. The number of nitrogens with zero attached hydrogens (tertiary/aromatic N) is 1. The third kappa shape index (κ3) is 3.36. The first kappa shape index (κ1) is 19.2. The number of likely N-dealkylation sites (N-methyl/N-ethyl adjacent to an activating group) is 1. The van der Waals surface area contributed by atoms with E-state index in [9.17, 15) is 18.0 Å². The van der Waals surface area contributed by atoms with Crippen LogP contribution in [0.2, 0.25) is 0 Å². The van der Waals surface area contributed by atoms with E-state index in [1.807, 2.05) is 11.9 Å². The van der Waals surface area contributed by atoms with Gasteiger partial charge in [0.2, 0.25) is 0 Å². The van der Waals surface area contributed by atoms with E-state index in [2.05, 4.69) is 20.9 Å². The number of pyridine rings is 1. The smallest absolute Gasteiger partial charge is 0.256 e. The topological polar surface area (TPSA) is 45.3 Å². The minimum absolute atomic E-state index is 0.0904. The molecule has 1 N–H and O–H groups in total. The molecule has 146 valence electrons. The number of benzene rings is 2. The molecule has 1 aliphatic rings. The van der Waals surface area contributed by atoms with Crippen LogP contribution in [-0.2, 0) is 17.9 Å². The highest BCUT2D eigenvalue weighted by Crippen LogP contribution is 2.34. The Morgan fingerprint density at radius 2 is 1.86 bits per heavy atom. The first-order valence-electron chi connectivity index (χ1n) is 8.61. The molecule has 0 fully saturated rings. The van der Waals surface area contributed by atoms with Gasteiger partial charge in [0.1, 0.15) is 5.82 Å². The van der Waals surface area contributed by atoms with Gasteiger partial charge < -0.3 is 9.72 Å². The van der Waals surface area contributed by atoms with Gasteiger partial charge in [-0.3, -0.25) is 9.69 Å². The summed E-state index contributed by atoms with van der Waals surface area (Å²) in [6.07, 6.45) is 0. The highest BCUT2D eigenvalue weighted by atomic mass is 79.9. The summed E-state index contributed by atoms with van der Waals surface area (Å²) in [5.41, 5.74) is 1.49. The number of nitrogens with one attached hydrogen (secondary N) is 1. The van der Waals surface area contributed by atoms with Gasteiger partial charge in [0.15, 0.2) is 11.6 Å². The molecule has 0 unspecified atom stereocenters. The third-order valence-electron chi connectivity index (χ3n) is 4.99. The predicted octanol–water partition coefficient (Wildman–Crippen LogP) is 4.41. The largest absolute Gasteiger partial charge is 0.373 e. The molecule has 0 bridgehead atoms. The molecule has 1 aliphatic heterocycles. The molecule has 3 aromatic rings. The van der Waals surface area contributed by atoms with Crippen molar-refractivity contribution in [1.82, 2.24) is 9.88 Å². The Bertz CT molecular complexity index is 1130. The van der Waals surface area contributed by atoms with E-state index in [4.69, 9.17) is 4.74 Å². The van der Waals surface area contributed by atoms with Gasteiger partial charge in [-0.2, -0.15) is 0 Å². The SMILES string of the molecule is CN(Cc1ccc(Br)c(F)c1)[C@H]1COCc2[nH]c(=O)c3cc(F)c(F)cc3c21. The first-order chi connectivity index (χ1) is 13.3. The minimum Gasteiger partial charge on any atom is -0.373 e. The summed E-state index contributed by atoms with van der Waals surface area (Å²) in [5, 5.41) is 0.451. The summed E-state index contributed by atoms with van der Waals surface area (Å²) in [7, 11) is 1.83. The lowest BCUT2D eigenvalue weighted by Gasteiger charge is -2.34. The van der Waals surface area contributed by atoms with Crippen molar-refractivity contribution in [3.05, 3.63) is 79.4 Å². The predicted molar refractivity (Wildman–Crippen MR) is 102 cm³/mol. The number of H-pyrrole nitrogens is 1. The van der Waals surface area contributed by atoms with Gasteiger partial charge in [0, 0.05) is 17.8 Å². The molecule has 4 rings (SSSR count). The Morgan fingerprint density at radius 3 is 2.57 bits per heavy atom. The van der Waals surface area contributed by atoms with Crippen LogP contribution in [0.4, 0.5) is 13.2 Å². The molecule has 4 nitrogen and oxygen atoms in total. The summed E-state index contributed by atoms with van der Waals surface area (Å²) in [6, 6.07) is 6.53. The molecule has 8 heteroatoms.